The molecule has 1 saturated heterocycles. The fourth-order valence-electron chi connectivity index (χ4n) is 2.63. The zero-order chi connectivity index (χ0) is 17.5. The summed E-state index contributed by atoms with van der Waals surface area (Å²) in [6.07, 6.45) is 6.57. The molecule has 8 heteroatoms. The monoisotopic (exact) mass is 330 g/mol. The average Bonchev–Trinajstić information content (AvgIpc) is 3.10. The van der Waals surface area contributed by atoms with Gasteiger partial charge in [-0.3, -0.25) is 4.79 Å². The Kier molecular flexibility index (Phi) is 3.91. The summed E-state index contributed by atoms with van der Waals surface area (Å²) in [6.45, 7) is 3.37. The second kappa shape index (κ2) is 5.78. The standard InChI is InChI=1S/C16H18N4O4/c1-4-16(22)11(24-14(21)9(2)3)7-23-15(16)20-6-5-10-12(17)18-8-19-13(10)20/h1,5-6,8-9,11,15,22H,7H2,2-3H3,(H2,17,18,19)/t11-,15-,16-/m1/s1. The van der Waals surface area contributed by atoms with Gasteiger partial charge in [-0.25, -0.2) is 9.97 Å². The topological polar surface area (TPSA) is 112 Å². The highest BCUT2D eigenvalue weighted by Gasteiger charge is 2.53. The summed E-state index contributed by atoms with van der Waals surface area (Å²) in [6, 6.07) is 1.71. The first-order valence-corrected chi connectivity index (χ1v) is 7.47. The number of nitrogen functional groups attached to an aromatic ring is 1. The molecule has 8 nitrogen and oxygen atoms in total. The maximum absolute atomic E-state index is 11.9. The number of aliphatic hydroxyl groups is 1. The largest absolute Gasteiger partial charge is 0.455 e. The van der Waals surface area contributed by atoms with E-state index in [0.29, 0.717) is 16.9 Å². The number of rotatable bonds is 3. The number of aromatic nitrogens is 3. The molecule has 126 valence electrons. The molecule has 0 spiro atoms. The SMILES string of the molecule is C#C[C@@]1(O)[C@H](OC(=O)C(C)C)CO[C@H]1n1ccc2c(N)ncnc21. The lowest BCUT2D eigenvalue weighted by atomic mass is 9.98. The van der Waals surface area contributed by atoms with Crippen LogP contribution in [0.1, 0.15) is 20.1 Å². The van der Waals surface area contributed by atoms with Crippen molar-refractivity contribution in [3.05, 3.63) is 18.6 Å². The third-order valence-electron chi connectivity index (χ3n) is 4.03. The molecule has 3 atom stereocenters. The summed E-state index contributed by atoms with van der Waals surface area (Å²) in [7, 11) is 0. The number of nitrogens with zero attached hydrogens (tertiary/aromatic N) is 3. The first-order chi connectivity index (χ1) is 11.4. The molecular formula is C16H18N4O4. The van der Waals surface area contributed by atoms with Crippen LogP contribution in [0.4, 0.5) is 5.82 Å². The lowest BCUT2D eigenvalue weighted by Crippen LogP contribution is -2.46. The fourth-order valence-corrected chi connectivity index (χ4v) is 2.63. The molecule has 2 aromatic heterocycles. The second-order valence-corrected chi connectivity index (χ2v) is 5.95. The van der Waals surface area contributed by atoms with E-state index in [1.54, 1.807) is 30.7 Å². The number of ether oxygens (including phenoxy) is 2. The molecule has 1 aliphatic rings. The van der Waals surface area contributed by atoms with Gasteiger partial charge in [-0.1, -0.05) is 19.8 Å². The third kappa shape index (κ3) is 2.38. The zero-order valence-electron chi connectivity index (χ0n) is 13.3. The molecule has 1 fully saturated rings. The summed E-state index contributed by atoms with van der Waals surface area (Å²) in [5.74, 6) is 1.82. The van der Waals surface area contributed by atoms with Gasteiger partial charge in [0.15, 0.2) is 12.3 Å². The number of fused-ring (bicyclic) bond motifs is 1. The summed E-state index contributed by atoms with van der Waals surface area (Å²) >= 11 is 0. The molecule has 3 heterocycles. The van der Waals surface area contributed by atoms with E-state index < -0.39 is 23.9 Å². The van der Waals surface area contributed by atoms with Crippen LogP contribution in [0.3, 0.4) is 0 Å². The number of hydrogen-bond donors (Lipinski definition) is 2. The Hall–Kier alpha value is -2.63. The lowest BCUT2D eigenvalue weighted by molar-refractivity contribution is -0.161. The molecule has 0 bridgehead atoms. The molecule has 1 aliphatic heterocycles. The van der Waals surface area contributed by atoms with Crippen LogP contribution in [0, 0.1) is 18.3 Å². The van der Waals surface area contributed by atoms with E-state index in [0.717, 1.165) is 0 Å². The van der Waals surface area contributed by atoms with E-state index in [4.69, 9.17) is 21.6 Å². The Labute approximate surface area is 138 Å². The van der Waals surface area contributed by atoms with Gasteiger partial charge in [-0.15, -0.1) is 6.42 Å². The van der Waals surface area contributed by atoms with Gasteiger partial charge in [0, 0.05) is 6.20 Å². The predicted molar refractivity (Wildman–Crippen MR) is 85.4 cm³/mol. The highest BCUT2D eigenvalue weighted by Crippen LogP contribution is 2.38. The minimum Gasteiger partial charge on any atom is -0.455 e. The molecule has 0 aliphatic carbocycles. The maximum Gasteiger partial charge on any atom is 0.308 e. The quantitative estimate of drug-likeness (QED) is 0.621. The fraction of sp³-hybridized carbons (Fsp3) is 0.438. The number of nitrogens with two attached hydrogens (primary N) is 1. The van der Waals surface area contributed by atoms with Crippen molar-refractivity contribution in [1.82, 2.24) is 14.5 Å². The Morgan fingerprint density at radius 2 is 2.38 bits per heavy atom. The smallest absolute Gasteiger partial charge is 0.308 e. The van der Waals surface area contributed by atoms with Crippen molar-refractivity contribution in [1.29, 1.82) is 0 Å². The first-order valence-electron chi connectivity index (χ1n) is 7.47. The number of anilines is 1. The number of esters is 1. The van der Waals surface area contributed by atoms with Crippen molar-refractivity contribution in [2.24, 2.45) is 5.92 Å². The van der Waals surface area contributed by atoms with Crippen LogP contribution in [0.15, 0.2) is 18.6 Å². The Morgan fingerprint density at radius 1 is 1.62 bits per heavy atom. The minimum absolute atomic E-state index is 0.0237. The lowest BCUT2D eigenvalue weighted by Gasteiger charge is -2.28. The molecule has 3 rings (SSSR count). The van der Waals surface area contributed by atoms with Gasteiger partial charge >= 0.3 is 5.97 Å². The van der Waals surface area contributed by atoms with Crippen molar-refractivity contribution < 1.29 is 19.4 Å². The van der Waals surface area contributed by atoms with E-state index in [1.807, 2.05) is 0 Å². The highest BCUT2D eigenvalue weighted by molar-refractivity contribution is 5.86. The Morgan fingerprint density at radius 3 is 3.04 bits per heavy atom. The first kappa shape index (κ1) is 16.2. The van der Waals surface area contributed by atoms with Crippen LogP contribution in [0.25, 0.3) is 11.0 Å². The van der Waals surface area contributed by atoms with Crippen LogP contribution in [0.2, 0.25) is 0 Å². The van der Waals surface area contributed by atoms with Gasteiger partial charge < -0.3 is 24.9 Å². The Balaban J connectivity index is 1.98. The summed E-state index contributed by atoms with van der Waals surface area (Å²) in [5, 5.41) is 11.5. The maximum atomic E-state index is 11.9. The molecule has 0 amide bonds. The van der Waals surface area contributed by atoms with Gasteiger partial charge in [0.2, 0.25) is 5.60 Å². The van der Waals surface area contributed by atoms with Crippen LogP contribution in [-0.2, 0) is 14.3 Å². The molecule has 0 unspecified atom stereocenters. The minimum atomic E-state index is -1.82. The van der Waals surface area contributed by atoms with Gasteiger partial charge in [0.05, 0.1) is 17.9 Å². The van der Waals surface area contributed by atoms with E-state index >= 15 is 0 Å². The van der Waals surface area contributed by atoms with Crippen LogP contribution < -0.4 is 5.73 Å². The molecule has 0 radical (unpaired) electrons. The third-order valence-corrected chi connectivity index (χ3v) is 4.03. The number of carbonyl (C=O) groups excluding carboxylic acids is 1. The Bertz CT molecular complexity index is 825. The summed E-state index contributed by atoms with van der Waals surface area (Å²) < 4.78 is 12.5. The van der Waals surface area contributed by atoms with Crippen molar-refractivity contribution >= 4 is 22.8 Å². The van der Waals surface area contributed by atoms with Crippen molar-refractivity contribution in [2.75, 3.05) is 12.3 Å². The van der Waals surface area contributed by atoms with Gasteiger partial charge in [-0.2, -0.15) is 0 Å². The van der Waals surface area contributed by atoms with E-state index in [2.05, 4.69) is 15.9 Å². The number of hydrogen-bond acceptors (Lipinski definition) is 7. The predicted octanol–water partition coefficient (Wildman–Crippen LogP) is 0.474. The molecule has 2 aromatic rings. The van der Waals surface area contributed by atoms with Crippen molar-refractivity contribution in [3.8, 4) is 12.3 Å². The highest BCUT2D eigenvalue weighted by atomic mass is 16.6. The number of terminal acetylenes is 1. The van der Waals surface area contributed by atoms with Crippen LogP contribution in [0.5, 0.6) is 0 Å². The van der Waals surface area contributed by atoms with Crippen molar-refractivity contribution in [2.45, 2.75) is 31.8 Å². The van der Waals surface area contributed by atoms with Gasteiger partial charge in [0.1, 0.15) is 17.8 Å². The summed E-state index contributed by atoms with van der Waals surface area (Å²) in [5.41, 5.74) is 4.46. The average molecular weight is 330 g/mol. The van der Waals surface area contributed by atoms with E-state index in [9.17, 15) is 9.90 Å². The molecule has 0 saturated carbocycles. The molecular weight excluding hydrogens is 312 g/mol. The molecule has 24 heavy (non-hydrogen) atoms. The van der Waals surface area contributed by atoms with E-state index in [-0.39, 0.29) is 12.5 Å². The van der Waals surface area contributed by atoms with Gasteiger partial charge in [0.25, 0.3) is 0 Å². The van der Waals surface area contributed by atoms with Crippen LogP contribution in [-0.4, -0.2) is 43.9 Å². The normalized spacial score (nSPS) is 26.6. The van der Waals surface area contributed by atoms with Crippen molar-refractivity contribution in [3.63, 3.8) is 0 Å². The van der Waals surface area contributed by atoms with E-state index in [1.165, 1.54) is 6.33 Å². The molecule has 3 N–H and O–H groups in total. The van der Waals surface area contributed by atoms with Gasteiger partial charge in [-0.05, 0) is 6.07 Å². The molecule has 0 aromatic carbocycles. The van der Waals surface area contributed by atoms with Crippen LogP contribution >= 0.6 is 0 Å². The number of carbonyl (C=O) groups is 1. The second-order valence-electron chi connectivity index (χ2n) is 5.95. The zero-order valence-corrected chi connectivity index (χ0v) is 13.3. The summed E-state index contributed by atoms with van der Waals surface area (Å²) in [4.78, 5) is 19.9.